The Morgan fingerprint density at radius 2 is 2.10 bits per heavy atom. The van der Waals surface area contributed by atoms with Gasteiger partial charge in [0.25, 0.3) is 10.0 Å². The number of rotatable bonds is 7. The molecule has 2 heterocycles. The van der Waals surface area contributed by atoms with Crippen molar-refractivity contribution in [1.82, 2.24) is 14.6 Å². The van der Waals surface area contributed by atoms with Crippen LogP contribution in [0.2, 0.25) is 0 Å². The smallest absolute Gasteiger partial charge is 0.260 e. The molecule has 1 fully saturated rings. The summed E-state index contributed by atoms with van der Waals surface area (Å²) in [7, 11) is -1.86. The third-order valence-electron chi connectivity index (χ3n) is 3.44. The lowest BCUT2D eigenvalue weighted by Gasteiger charge is -2.14. The van der Waals surface area contributed by atoms with Gasteiger partial charge in [0.15, 0.2) is 5.03 Å². The van der Waals surface area contributed by atoms with Gasteiger partial charge in [-0.1, -0.05) is 0 Å². The van der Waals surface area contributed by atoms with Gasteiger partial charge in [-0.05, 0) is 51.0 Å². The molecular formula is C13H22N4O2S. The van der Waals surface area contributed by atoms with Gasteiger partial charge in [-0.3, -0.25) is 0 Å². The number of pyridine rings is 1. The lowest BCUT2D eigenvalue weighted by atomic mass is 10.4. The molecule has 1 saturated heterocycles. The van der Waals surface area contributed by atoms with E-state index in [0.717, 1.165) is 26.1 Å². The first kappa shape index (κ1) is 15.2. The number of hydrogen-bond donors (Lipinski definition) is 2. The Morgan fingerprint density at radius 1 is 1.35 bits per heavy atom. The minimum absolute atomic E-state index is 0.0590. The van der Waals surface area contributed by atoms with Crippen molar-refractivity contribution in [1.29, 1.82) is 0 Å². The summed E-state index contributed by atoms with van der Waals surface area (Å²) in [5, 5.41) is 2.91. The Morgan fingerprint density at radius 3 is 2.80 bits per heavy atom. The van der Waals surface area contributed by atoms with Gasteiger partial charge in [-0.2, -0.15) is 0 Å². The molecule has 0 atom stereocenters. The molecule has 1 aromatic heterocycles. The highest BCUT2D eigenvalue weighted by Gasteiger charge is 2.19. The zero-order chi connectivity index (χ0) is 14.4. The molecule has 2 N–H and O–H groups in total. The van der Waals surface area contributed by atoms with Gasteiger partial charge >= 0.3 is 0 Å². The van der Waals surface area contributed by atoms with Crippen LogP contribution in [0.5, 0.6) is 0 Å². The minimum Gasteiger partial charge on any atom is -0.386 e. The summed E-state index contributed by atoms with van der Waals surface area (Å²) in [6.45, 7) is 3.66. The van der Waals surface area contributed by atoms with Crippen LogP contribution in [0.25, 0.3) is 0 Å². The quantitative estimate of drug-likeness (QED) is 0.731. The minimum atomic E-state index is -3.54. The maximum absolute atomic E-state index is 12.2. The second-order valence-corrected chi connectivity index (χ2v) is 6.59. The third kappa shape index (κ3) is 3.91. The molecule has 0 saturated carbocycles. The van der Waals surface area contributed by atoms with Gasteiger partial charge in [0.05, 0.1) is 5.69 Å². The number of sulfonamides is 1. The third-order valence-corrected chi connectivity index (χ3v) is 4.86. The van der Waals surface area contributed by atoms with E-state index in [4.69, 9.17) is 0 Å². The van der Waals surface area contributed by atoms with E-state index in [2.05, 4.69) is 19.9 Å². The van der Waals surface area contributed by atoms with Crippen molar-refractivity contribution in [2.75, 3.05) is 38.5 Å². The fraction of sp³-hybridized carbons (Fsp3) is 0.615. The molecule has 1 aliphatic heterocycles. The number of nitrogens with one attached hydrogen (secondary N) is 2. The summed E-state index contributed by atoms with van der Waals surface area (Å²) < 4.78 is 27.0. The van der Waals surface area contributed by atoms with E-state index in [1.54, 1.807) is 19.2 Å². The van der Waals surface area contributed by atoms with Crippen LogP contribution in [-0.4, -0.2) is 51.5 Å². The number of anilines is 1. The zero-order valence-electron chi connectivity index (χ0n) is 11.8. The van der Waals surface area contributed by atoms with E-state index >= 15 is 0 Å². The van der Waals surface area contributed by atoms with Gasteiger partial charge in [-0.15, -0.1) is 0 Å². The molecule has 7 heteroatoms. The normalized spacial score (nSPS) is 16.4. The molecule has 0 spiro atoms. The van der Waals surface area contributed by atoms with Gasteiger partial charge in [0.2, 0.25) is 0 Å². The lowest BCUT2D eigenvalue weighted by molar-refractivity contribution is 0.334. The van der Waals surface area contributed by atoms with Crippen molar-refractivity contribution in [3.63, 3.8) is 0 Å². The SMILES string of the molecule is CNc1cccnc1S(=O)(=O)NCCCN1CCCC1. The Balaban J connectivity index is 1.87. The van der Waals surface area contributed by atoms with E-state index < -0.39 is 10.0 Å². The zero-order valence-corrected chi connectivity index (χ0v) is 12.6. The molecule has 0 aliphatic carbocycles. The molecule has 112 valence electrons. The summed E-state index contributed by atoms with van der Waals surface area (Å²) in [6.07, 6.45) is 4.82. The summed E-state index contributed by atoms with van der Waals surface area (Å²) >= 11 is 0. The molecule has 20 heavy (non-hydrogen) atoms. The molecule has 0 bridgehead atoms. The van der Waals surface area contributed by atoms with Gasteiger partial charge in [0, 0.05) is 19.8 Å². The molecule has 2 rings (SSSR count). The van der Waals surface area contributed by atoms with Crippen LogP contribution in [0.15, 0.2) is 23.4 Å². The van der Waals surface area contributed by atoms with Crippen molar-refractivity contribution in [3.8, 4) is 0 Å². The second kappa shape index (κ2) is 7.01. The monoisotopic (exact) mass is 298 g/mol. The molecule has 0 amide bonds. The highest BCUT2D eigenvalue weighted by molar-refractivity contribution is 7.89. The largest absolute Gasteiger partial charge is 0.386 e. The Bertz CT molecular complexity index is 527. The second-order valence-electron chi connectivity index (χ2n) is 4.91. The summed E-state index contributed by atoms with van der Waals surface area (Å²) in [5.41, 5.74) is 0.513. The first-order chi connectivity index (χ1) is 9.63. The summed E-state index contributed by atoms with van der Waals surface area (Å²) in [4.78, 5) is 6.32. The van der Waals surface area contributed by atoms with Crippen LogP contribution in [0.1, 0.15) is 19.3 Å². The number of nitrogens with zero attached hydrogens (tertiary/aromatic N) is 2. The van der Waals surface area contributed by atoms with Crippen molar-refractivity contribution >= 4 is 15.7 Å². The molecule has 1 aliphatic rings. The standard InChI is InChI=1S/C13H22N4O2S/c1-14-12-6-4-7-15-13(12)20(18,19)16-8-5-11-17-9-2-3-10-17/h4,6-7,14,16H,2-3,5,8-11H2,1H3. The van der Waals surface area contributed by atoms with Gasteiger partial charge in [0.1, 0.15) is 0 Å². The van der Waals surface area contributed by atoms with Gasteiger partial charge < -0.3 is 10.2 Å². The van der Waals surface area contributed by atoms with Crippen molar-refractivity contribution in [3.05, 3.63) is 18.3 Å². The maximum atomic E-state index is 12.2. The predicted octanol–water partition coefficient (Wildman–Crippen LogP) is 0.887. The average molecular weight is 298 g/mol. The predicted molar refractivity (Wildman–Crippen MR) is 79.3 cm³/mol. The highest BCUT2D eigenvalue weighted by Crippen LogP contribution is 2.16. The van der Waals surface area contributed by atoms with Crippen molar-refractivity contribution in [2.45, 2.75) is 24.3 Å². The Hall–Kier alpha value is -1.18. The molecule has 6 nitrogen and oxygen atoms in total. The van der Waals surface area contributed by atoms with E-state index in [-0.39, 0.29) is 5.03 Å². The Labute approximate surface area is 120 Å². The van der Waals surface area contributed by atoms with E-state index in [1.165, 1.54) is 19.0 Å². The van der Waals surface area contributed by atoms with Crippen LogP contribution >= 0.6 is 0 Å². The highest BCUT2D eigenvalue weighted by atomic mass is 32.2. The number of aromatic nitrogens is 1. The van der Waals surface area contributed by atoms with E-state index in [9.17, 15) is 8.42 Å². The lowest BCUT2D eigenvalue weighted by Crippen LogP contribution is -2.29. The topological polar surface area (TPSA) is 74.3 Å². The molecule has 0 unspecified atom stereocenters. The molecule has 0 aromatic carbocycles. The summed E-state index contributed by atoms with van der Waals surface area (Å²) in [6, 6.07) is 3.41. The van der Waals surface area contributed by atoms with E-state index in [0.29, 0.717) is 12.2 Å². The fourth-order valence-electron chi connectivity index (χ4n) is 2.38. The summed E-state index contributed by atoms with van der Waals surface area (Å²) in [5.74, 6) is 0. The van der Waals surface area contributed by atoms with Crippen LogP contribution in [0.3, 0.4) is 0 Å². The van der Waals surface area contributed by atoms with Crippen molar-refractivity contribution in [2.24, 2.45) is 0 Å². The molecular weight excluding hydrogens is 276 g/mol. The number of hydrogen-bond acceptors (Lipinski definition) is 5. The van der Waals surface area contributed by atoms with Crippen LogP contribution in [0.4, 0.5) is 5.69 Å². The first-order valence-electron chi connectivity index (χ1n) is 6.98. The Kier molecular flexibility index (Phi) is 5.33. The maximum Gasteiger partial charge on any atom is 0.260 e. The van der Waals surface area contributed by atoms with Crippen molar-refractivity contribution < 1.29 is 8.42 Å². The average Bonchev–Trinajstić information content (AvgIpc) is 2.97. The van der Waals surface area contributed by atoms with Crippen LogP contribution in [-0.2, 0) is 10.0 Å². The first-order valence-corrected chi connectivity index (χ1v) is 8.46. The van der Waals surface area contributed by atoms with Gasteiger partial charge in [-0.25, -0.2) is 18.1 Å². The fourth-order valence-corrected chi connectivity index (χ4v) is 3.59. The van der Waals surface area contributed by atoms with E-state index in [1.807, 2.05) is 0 Å². The van der Waals surface area contributed by atoms with Crippen LogP contribution < -0.4 is 10.0 Å². The molecule has 1 aromatic rings. The molecule has 0 radical (unpaired) electrons. The number of likely N-dealkylation sites (tertiary alicyclic amines) is 1. The van der Waals surface area contributed by atoms with Crippen LogP contribution in [0, 0.1) is 0 Å².